The van der Waals surface area contributed by atoms with Crippen LogP contribution in [-0.4, -0.2) is 77.4 Å². The molecule has 0 aliphatic carbocycles. The van der Waals surface area contributed by atoms with Crippen LogP contribution in [0.25, 0.3) is 0 Å². The Morgan fingerprint density at radius 3 is 2.33 bits per heavy atom. The molecule has 4 heteroatoms. The topological polar surface area (TPSA) is 27.7 Å². The van der Waals surface area contributed by atoms with E-state index in [1.54, 1.807) is 7.11 Å². The number of likely N-dealkylation sites (N-methyl/N-ethyl adjacent to an activating group) is 1. The summed E-state index contributed by atoms with van der Waals surface area (Å²) in [5.74, 6) is 0. The van der Waals surface area contributed by atoms with Crippen molar-refractivity contribution >= 4 is 0 Å². The Morgan fingerprint density at radius 2 is 1.73 bits per heavy atom. The summed E-state index contributed by atoms with van der Waals surface area (Å²) in [6, 6.07) is 0. The van der Waals surface area contributed by atoms with Gasteiger partial charge in [-0.2, -0.15) is 0 Å². The van der Waals surface area contributed by atoms with E-state index in [9.17, 15) is 0 Å². The SMILES string of the molecule is COCCNCCN(C)CCCN(C)C. The van der Waals surface area contributed by atoms with Crippen molar-refractivity contribution in [1.82, 2.24) is 15.1 Å². The summed E-state index contributed by atoms with van der Waals surface area (Å²) in [6.07, 6.45) is 1.24. The van der Waals surface area contributed by atoms with Crippen LogP contribution in [0, 0.1) is 0 Å². The minimum Gasteiger partial charge on any atom is -0.383 e. The molecule has 0 radical (unpaired) electrons. The maximum atomic E-state index is 4.96. The zero-order valence-electron chi connectivity index (χ0n) is 10.8. The van der Waals surface area contributed by atoms with Crippen LogP contribution in [-0.2, 0) is 4.74 Å². The molecule has 0 spiro atoms. The smallest absolute Gasteiger partial charge is 0.0587 e. The van der Waals surface area contributed by atoms with Crippen molar-refractivity contribution in [2.24, 2.45) is 0 Å². The third kappa shape index (κ3) is 11.8. The van der Waals surface area contributed by atoms with Gasteiger partial charge in [0.05, 0.1) is 6.61 Å². The van der Waals surface area contributed by atoms with E-state index in [1.165, 1.54) is 19.5 Å². The molecule has 92 valence electrons. The predicted octanol–water partition coefficient (Wildman–Crippen LogP) is 0.106. The second kappa shape index (κ2) is 10.4. The minimum atomic E-state index is 0.796. The van der Waals surface area contributed by atoms with Crippen molar-refractivity contribution in [3.8, 4) is 0 Å². The second-order valence-electron chi connectivity index (χ2n) is 4.20. The Kier molecular flexibility index (Phi) is 10.3. The van der Waals surface area contributed by atoms with Crippen LogP contribution < -0.4 is 5.32 Å². The molecule has 15 heavy (non-hydrogen) atoms. The fourth-order valence-corrected chi connectivity index (χ4v) is 1.34. The quantitative estimate of drug-likeness (QED) is 0.526. The van der Waals surface area contributed by atoms with Crippen LogP contribution in [0.1, 0.15) is 6.42 Å². The standard InChI is InChI=1S/C11H27N3O/c1-13(2)8-5-9-14(3)10-6-12-7-11-15-4/h12H,5-11H2,1-4H3. The molecule has 0 heterocycles. The minimum absolute atomic E-state index is 0.796. The van der Waals surface area contributed by atoms with Gasteiger partial charge in [-0.1, -0.05) is 0 Å². The number of rotatable bonds is 10. The molecule has 0 saturated heterocycles. The van der Waals surface area contributed by atoms with Gasteiger partial charge in [-0.05, 0) is 40.7 Å². The number of hydrogen-bond acceptors (Lipinski definition) is 4. The predicted molar refractivity (Wildman–Crippen MR) is 65.4 cm³/mol. The van der Waals surface area contributed by atoms with Gasteiger partial charge in [0.25, 0.3) is 0 Å². The fourth-order valence-electron chi connectivity index (χ4n) is 1.34. The fraction of sp³-hybridized carbons (Fsp3) is 1.00. The van der Waals surface area contributed by atoms with E-state index < -0.39 is 0 Å². The van der Waals surface area contributed by atoms with Gasteiger partial charge in [0, 0.05) is 26.7 Å². The summed E-state index contributed by atoms with van der Waals surface area (Å²) in [5, 5.41) is 3.34. The van der Waals surface area contributed by atoms with Gasteiger partial charge < -0.3 is 19.9 Å². The Hall–Kier alpha value is -0.160. The van der Waals surface area contributed by atoms with E-state index in [1.807, 2.05) is 0 Å². The first kappa shape index (κ1) is 14.8. The zero-order valence-corrected chi connectivity index (χ0v) is 10.8. The van der Waals surface area contributed by atoms with Gasteiger partial charge in [-0.15, -0.1) is 0 Å². The first-order chi connectivity index (χ1) is 7.16. The molecule has 0 aromatic rings. The van der Waals surface area contributed by atoms with E-state index >= 15 is 0 Å². The molecule has 0 aliphatic rings. The van der Waals surface area contributed by atoms with Crippen molar-refractivity contribution < 1.29 is 4.74 Å². The molecular formula is C11H27N3O. The van der Waals surface area contributed by atoms with Gasteiger partial charge >= 0.3 is 0 Å². The lowest BCUT2D eigenvalue weighted by Gasteiger charge is -2.18. The third-order valence-corrected chi connectivity index (χ3v) is 2.30. The Labute approximate surface area is 94.6 Å². The molecule has 0 aliphatic heterocycles. The van der Waals surface area contributed by atoms with Crippen LogP contribution >= 0.6 is 0 Å². The summed E-state index contributed by atoms with van der Waals surface area (Å²) in [6.45, 7) is 6.23. The average molecular weight is 217 g/mol. The van der Waals surface area contributed by atoms with Crippen LogP contribution in [0.4, 0.5) is 0 Å². The summed E-state index contributed by atoms with van der Waals surface area (Å²) in [4.78, 5) is 4.59. The number of ether oxygens (including phenoxy) is 1. The second-order valence-corrected chi connectivity index (χ2v) is 4.20. The van der Waals surface area contributed by atoms with E-state index in [2.05, 4.69) is 36.3 Å². The van der Waals surface area contributed by atoms with Crippen molar-refractivity contribution in [3.63, 3.8) is 0 Å². The van der Waals surface area contributed by atoms with Gasteiger partial charge in [0.2, 0.25) is 0 Å². The molecule has 0 bridgehead atoms. The first-order valence-corrected chi connectivity index (χ1v) is 5.69. The van der Waals surface area contributed by atoms with Gasteiger partial charge in [0.15, 0.2) is 0 Å². The Bertz CT molecular complexity index is 131. The van der Waals surface area contributed by atoms with E-state index in [0.29, 0.717) is 0 Å². The molecule has 0 amide bonds. The highest BCUT2D eigenvalue weighted by Gasteiger charge is 1.98. The van der Waals surface area contributed by atoms with Crippen molar-refractivity contribution in [2.75, 3.05) is 67.6 Å². The zero-order chi connectivity index (χ0) is 11.5. The van der Waals surface area contributed by atoms with Crippen molar-refractivity contribution in [3.05, 3.63) is 0 Å². The number of hydrogen-bond donors (Lipinski definition) is 1. The molecule has 0 atom stereocenters. The summed E-state index contributed by atoms with van der Waals surface area (Å²) in [5.41, 5.74) is 0. The maximum Gasteiger partial charge on any atom is 0.0587 e. The highest BCUT2D eigenvalue weighted by atomic mass is 16.5. The van der Waals surface area contributed by atoms with Crippen LogP contribution in [0.5, 0.6) is 0 Å². The molecule has 0 rings (SSSR count). The first-order valence-electron chi connectivity index (χ1n) is 5.69. The number of nitrogens with zero attached hydrogens (tertiary/aromatic N) is 2. The van der Waals surface area contributed by atoms with E-state index in [4.69, 9.17) is 4.74 Å². The third-order valence-electron chi connectivity index (χ3n) is 2.30. The van der Waals surface area contributed by atoms with Crippen LogP contribution in [0.15, 0.2) is 0 Å². The lowest BCUT2D eigenvalue weighted by atomic mass is 10.3. The molecule has 0 fully saturated rings. The van der Waals surface area contributed by atoms with Gasteiger partial charge in [-0.25, -0.2) is 0 Å². The highest BCUT2D eigenvalue weighted by Crippen LogP contribution is 1.88. The van der Waals surface area contributed by atoms with Gasteiger partial charge in [0.1, 0.15) is 0 Å². The maximum absolute atomic E-state index is 4.96. The molecule has 1 N–H and O–H groups in total. The molecular weight excluding hydrogens is 190 g/mol. The largest absolute Gasteiger partial charge is 0.383 e. The van der Waals surface area contributed by atoms with Crippen molar-refractivity contribution in [1.29, 1.82) is 0 Å². The number of methoxy groups -OCH3 is 1. The lowest BCUT2D eigenvalue weighted by Crippen LogP contribution is -2.32. The van der Waals surface area contributed by atoms with Gasteiger partial charge in [-0.3, -0.25) is 0 Å². The van der Waals surface area contributed by atoms with E-state index in [0.717, 1.165) is 26.2 Å². The highest BCUT2D eigenvalue weighted by molar-refractivity contribution is 4.56. The molecule has 4 nitrogen and oxygen atoms in total. The summed E-state index contributed by atoms with van der Waals surface area (Å²) < 4.78 is 4.96. The molecule has 0 aromatic carbocycles. The molecule has 0 unspecified atom stereocenters. The normalized spacial score (nSPS) is 11.6. The van der Waals surface area contributed by atoms with Crippen LogP contribution in [0.2, 0.25) is 0 Å². The Morgan fingerprint density at radius 1 is 1.00 bits per heavy atom. The summed E-state index contributed by atoms with van der Waals surface area (Å²) >= 11 is 0. The Balaban J connectivity index is 3.15. The molecule has 0 aromatic heterocycles. The molecule has 0 saturated carbocycles. The van der Waals surface area contributed by atoms with Crippen molar-refractivity contribution in [2.45, 2.75) is 6.42 Å². The average Bonchev–Trinajstić information content (AvgIpc) is 2.17. The lowest BCUT2D eigenvalue weighted by molar-refractivity contribution is 0.197. The summed E-state index contributed by atoms with van der Waals surface area (Å²) in [7, 11) is 8.14. The van der Waals surface area contributed by atoms with E-state index in [-0.39, 0.29) is 0 Å². The number of nitrogens with one attached hydrogen (secondary N) is 1. The van der Waals surface area contributed by atoms with Crippen LogP contribution in [0.3, 0.4) is 0 Å². The monoisotopic (exact) mass is 217 g/mol.